The van der Waals surface area contributed by atoms with E-state index in [4.69, 9.17) is 22.6 Å². The topological polar surface area (TPSA) is 27.2 Å². The van der Waals surface area contributed by atoms with Crippen molar-refractivity contribution >= 4 is 32.9 Å². The van der Waals surface area contributed by atoms with E-state index < -0.39 is 58.2 Å². The molecule has 8 rings (SSSR count). The molecule has 62 heavy (non-hydrogen) atoms. The van der Waals surface area contributed by atoms with Gasteiger partial charge in [-0.25, -0.2) is 36.0 Å². The van der Waals surface area contributed by atoms with Gasteiger partial charge in [0.2, 0.25) is 0 Å². The van der Waals surface area contributed by atoms with Crippen molar-refractivity contribution in [3.8, 4) is 34.1 Å². The van der Waals surface area contributed by atoms with Gasteiger partial charge in [-0.1, -0.05) is 84.9 Å². The summed E-state index contributed by atoms with van der Waals surface area (Å²) in [4.78, 5) is 6.97. The predicted molar refractivity (Wildman–Crippen MR) is 203 cm³/mol. The van der Waals surface area contributed by atoms with Gasteiger partial charge in [-0.3, -0.25) is 17.6 Å². The Labute approximate surface area is 377 Å². The molecule has 0 N–H and O–H groups in total. The molecule has 318 valence electrons. The van der Waals surface area contributed by atoms with Crippen LogP contribution in [-0.2, 0) is 44.8 Å². The van der Waals surface area contributed by atoms with Crippen molar-refractivity contribution < 1.29 is 98.1 Å². The Morgan fingerprint density at radius 2 is 0.677 bits per heavy atom. The summed E-state index contributed by atoms with van der Waals surface area (Å²) in [5.41, 5.74) is 2.96. The van der Waals surface area contributed by atoms with Gasteiger partial charge in [-0.15, -0.1) is 12.1 Å². The minimum Gasteiger partial charge on any atom is -0.457 e. The largest absolute Gasteiger partial charge is 1.00 e. The van der Waals surface area contributed by atoms with Crippen molar-refractivity contribution in [3.63, 3.8) is 0 Å². The zero-order valence-electron chi connectivity index (χ0n) is 30.6. The summed E-state index contributed by atoms with van der Waals surface area (Å²) in [5, 5.41) is 4.23. The van der Waals surface area contributed by atoms with Crippen LogP contribution in [0.3, 0.4) is 0 Å². The second kappa shape index (κ2) is 21.4. The molecule has 0 aromatic heterocycles. The summed E-state index contributed by atoms with van der Waals surface area (Å²) < 4.78 is 133. The van der Waals surface area contributed by atoms with Crippen LogP contribution in [0.15, 0.2) is 121 Å². The van der Waals surface area contributed by atoms with E-state index in [9.17, 15) is 43.9 Å². The Hall–Kier alpha value is -6.36. The number of halogens is 10. The summed E-state index contributed by atoms with van der Waals surface area (Å²) >= 11 is 0. The fourth-order valence-corrected chi connectivity index (χ4v) is 5.61. The summed E-state index contributed by atoms with van der Waals surface area (Å²) in [6.07, 6.45) is 0. The van der Waals surface area contributed by atoms with Gasteiger partial charge in [-0.05, 0) is 57.9 Å². The van der Waals surface area contributed by atoms with Crippen LogP contribution in [0.1, 0.15) is 0 Å². The molecule has 0 spiro atoms. The number of rotatable bonds is 5. The first-order valence-corrected chi connectivity index (χ1v) is 17.0. The Morgan fingerprint density at radius 3 is 0.984 bits per heavy atom. The van der Waals surface area contributed by atoms with E-state index in [1.807, 2.05) is 60.7 Å². The number of fused-ring (bicyclic) bond motifs is 2. The van der Waals surface area contributed by atoms with Gasteiger partial charge in [0.05, 0.1) is 71.3 Å². The van der Waals surface area contributed by atoms with E-state index in [-0.39, 0.29) is 44.8 Å². The Morgan fingerprint density at radius 1 is 0.371 bits per heavy atom. The number of hydrogen-bond donors (Lipinski definition) is 0. The van der Waals surface area contributed by atoms with Gasteiger partial charge in [-0.2, -0.15) is 0 Å². The fourth-order valence-electron chi connectivity index (χ4n) is 5.61. The third-order valence-electron chi connectivity index (χ3n) is 8.40. The van der Waals surface area contributed by atoms with Gasteiger partial charge < -0.3 is 9.47 Å². The zero-order valence-corrected chi connectivity index (χ0v) is 35.0. The minimum absolute atomic E-state index is 0. The average Bonchev–Trinajstić information content (AvgIpc) is 3.27. The van der Waals surface area contributed by atoms with Gasteiger partial charge >= 0.3 is 44.8 Å². The van der Waals surface area contributed by atoms with Crippen LogP contribution < -0.4 is 9.47 Å². The molecule has 0 amide bonds. The Kier molecular flexibility index (Phi) is 16.7. The third kappa shape index (κ3) is 10.7. The van der Waals surface area contributed by atoms with E-state index >= 15 is 0 Å². The molecule has 0 unspecified atom stereocenters. The van der Waals surface area contributed by atoms with Crippen LogP contribution in [0.5, 0.6) is 23.0 Å². The number of hydrogen-bond acceptors (Lipinski definition) is 2. The molecular formula is C46H20Au2F10N2O2. The second-order valence-corrected chi connectivity index (χ2v) is 12.1. The molecule has 0 heterocycles. The smallest absolute Gasteiger partial charge is 0.457 e. The number of ether oxygens (including phenoxy) is 2. The van der Waals surface area contributed by atoms with Crippen LogP contribution >= 0.6 is 0 Å². The van der Waals surface area contributed by atoms with Crippen molar-refractivity contribution in [2.75, 3.05) is 0 Å². The summed E-state index contributed by atoms with van der Waals surface area (Å²) in [6.45, 7) is 14.5. The van der Waals surface area contributed by atoms with Gasteiger partial charge in [0.1, 0.15) is 23.0 Å². The second-order valence-electron chi connectivity index (χ2n) is 12.1. The first-order chi connectivity index (χ1) is 28.8. The molecule has 0 aliphatic rings. The van der Waals surface area contributed by atoms with E-state index in [1.165, 1.54) is 0 Å². The van der Waals surface area contributed by atoms with Crippen molar-refractivity contribution in [1.82, 2.24) is 0 Å². The molecule has 0 atom stereocenters. The SMILES string of the molecule is Fc1[c-]c(F)c(F)c(F)c1F.Fc1[c-]c(F)c(F)c(F)c1F.[Au+].[Au+].[C-]#[N+]c1ccc(Oc2ccc3ccccc3c2-c2c(Oc3ccc([N+]#[C-])cc3)ccc3ccccc23)cc1. The summed E-state index contributed by atoms with van der Waals surface area (Å²) in [7, 11) is 0. The van der Waals surface area contributed by atoms with E-state index in [0.29, 0.717) is 34.4 Å². The maximum Gasteiger partial charge on any atom is 1.00 e. The van der Waals surface area contributed by atoms with Crippen molar-refractivity contribution in [2.45, 2.75) is 0 Å². The molecule has 0 radical (unpaired) electrons. The van der Waals surface area contributed by atoms with Crippen LogP contribution in [-0.4, -0.2) is 0 Å². The standard InChI is InChI=1S/C34H20N2O2.2C6F5.2Au/c1-35-25-13-17-27(18-14-25)37-31-21-11-23-7-3-5-9-29(23)33(31)34-30-10-6-4-8-24(30)12-22-32(34)38-28-19-15-26(36-2)16-20-28;2*7-2-1-3(8)5(10)6(11)4(2)9;;/h3-22H;;;;/q;2*-1;2*+1. The molecule has 8 aromatic carbocycles. The van der Waals surface area contributed by atoms with Gasteiger partial charge in [0.25, 0.3) is 0 Å². The normalized spacial score (nSPS) is 10.1. The molecule has 0 aliphatic carbocycles. The van der Waals surface area contributed by atoms with Gasteiger partial charge in [0, 0.05) is 11.1 Å². The zero-order chi connectivity index (χ0) is 43.1. The Bertz CT molecular complexity index is 2720. The molecule has 0 saturated carbocycles. The molecule has 0 fully saturated rings. The maximum atomic E-state index is 12.0. The first-order valence-electron chi connectivity index (χ1n) is 17.0. The minimum atomic E-state index is -2.17. The van der Waals surface area contributed by atoms with Gasteiger partial charge in [0.15, 0.2) is 11.4 Å². The quantitative estimate of drug-likeness (QED) is 0.0565. The molecule has 0 bridgehead atoms. The van der Waals surface area contributed by atoms with E-state index in [1.54, 1.807) is 24.3 Å². The third-order valence-corrected chi connectivity index (χ3v) is 8.40. The molecule has 0 aliphatic heterocycles. The molecule has 16 heteroatoms. The molecule has 4 nitrogen and oxygen atoms in total. The Balaban J connectivity index is 0.000000289. The van der Waals surface area contributed by atoms with Crippen LogP contribution in [0.2, 0.25) is 0 Å². The summed E-state index contributed by atoms with van der Waals surface area (Å²) in [5.74, 6) is -17.4. The maximum absolute atomic E-state index is 12.0. The van der Waals surface area contributed by atoms with Crippen LogP contribution in [0, 0.1) is 83.4 Å². The first kappa shape index (κ1) is 48.3. The molecule has 0 saturated heterocycles. The summed E-state index contributed by atoms with van der Waals surface area (Å²) in [6, 6.07) is 40.8. The van der Waals surface area contributed by atoms with E-state index in [2.05, 4.69) is 46.1 Å². The van der Waals surface area contributed by atoms with Crippen molar-refractivity contribution in [3.05, 3.63) is 214 Å². The number of nitrogens with zero attached hydrogens (tertiary/aromatic N) is 2. The predicted octanol–water partition coefficient (Wildman–Crippen LogP) is 14.7. The van der Waals surface area contributed by atoms with Crippen molar-refractivity contribution in [1.29, 1.82) is 0 Å². The number of benzene rings is 8. The molecule has 8 aromatic rings. The van der Waals surface area contributed by atoms with Crippen LogP contribution in [0.4, 0.5) is 55.3 Å². The monoisotopic (exact) mass is 1220 g/mol. The van der Waals surface area contributed by atoms with Crippen LogP contribution in [0.25, 0.3) is 42.4 Å². The molecular weight excluding hydrogens is 1200 g/mol. The average molecular weight is 1220 g/mol. The fraction of sp³-hybridized carbons (Fsp3) is 0. The van der Waals surface area contributed by atoms with E-state index in [0.717, 1.165) is 44.8 Å². The van der Waals surface area contributed by atoms with Crippen molar-refractivity contribution in [2.24, 2.45) is 0 Å².